The van der Waals surface area contributed by atoms with Crippen LogP contribution in [0, 0.1) is 28.6 Å². The highest BCUT2D eigenvalue weighted by Gasteiger charge is 2.60. The number of ether oxygens (including phenoxy) is 1. The number of nitrogens with one attached hydrogen (secondary N) is 1. The number of allylic oxidation sites excluding steroid dienone is 2. The van der Waals surface area contributed by atoms with Crippen molar-refractivity contribution in [3.8, 4) is 0 Å². The minimum atomic E-state index is 0.0911. The molecular weight excluding hydrogens is 286 g/mol. The van der Waals surface area contributed by atoms with Crippen molar-refractivity contribution in [3.05, 3.63) is 11.6 Å². The minimum absolute atomic E-state index is 0.0911. The fourth-order valence-corrected chi connectivity index (χ4v) is 4.20. The van der Waals surface area contributed by atoms with Gasteiger partial charge in [-0.3, -0.25) is 4.79 Å². The first-order valence-electron chi connectivity index (χ1n) is 9.09. The Hall–Kier alpha value is -0.830. The van der Waals surface area contributed by atoms with E-state index < -0.39 is 0 Å². The Morgan fingerprint density at radius 1 is 1.30 bits per heavy atom. The maximum atomic E-state index is 12.6. The van der Waals surface area contributed by atoms with E-state index in [4.69, 9.17) is 4.74 Å². The average Bonchev–Trinajstić information content (AvgIpc) is 2.95. The Morgan fingerprint density at radius 2 is 1.96 bits per heavy atom. The van der Waals surface area contributed by atoms with Gasteiger partial charge in [0, 0.05) is 19.1 Å². The van der Waals surface area contributed by atoms with Gasteiger partial charge in [-0.1, -0.05) is 46.3 Å². The fourth-order valence-electron chi connectivity index (χ4n) is 4.20. The summed E-state index contributed by atoms with van der Waals surface area (Å²) in [6, 6.07) is 0. The molecule has 0 radical (unpaired) electrons. The van der Waals surface area contributed by atoms with E-state index in [0.717, 1.165) is 26.0 Å². The highest BCUT2D eigenvalue weighted by molar-refractivity contribution is 5.83. The van der Waals surface area contributed by atoms with Gasteiger partial charge in [0.05, 0.1) is 12.0 Å². The molecule has 4 atom stereocenters. The van der Waals surface area contributed by atoms with Gasteiger partial charge in [-0.25, -0.2) is 0 Å². The Morgan fingerprint density at radius 3 is 2.52 bits per heavy atom. The molecule has 1 aliphatic carbocycles. The molecule has 1 amide bonds. The molecule has 0 aromatic carbocycles. The molecule has 132 valence electrons. The number of hydrogen-bond acceptors (Lipinski definition) is 2. The second-order valence-corrected chi connectivity index (χ2v) is 9.37. The van der Waals surface area contributed by atoms with E-state index in [0.29, 0.717) is 11.8 Å². The standard InChI is InChI=1S/C20H35NO2/c1-13(2)11-15-16(20(15,6)7)18(22)21-12-14-9-8-10-23-17(14)19(3,4)5/h11,14-17H,8-10,12H2,1-7H3,(H,21,22)/t14-,15+,16+,17-/m0/s1. The van der Waals surface area contributed by atoms with Crippen LogP contribution in [0.1, 0.15) is 61.3 Å². The van der Waals surface area contributed by atoms with Crippen LogP contribution in [0.5, 0.6) is 0 Å². The van der Waals surface area contributed by atoms with Crippen LogP contribution >= 0.6 is 0 Å². The van der Waals surface area contributed by atoms with Crippen molar-refractivity contribution in [3.63, 3.8) is 0 Å². The third-order valence-corrected chi connectivity index (χ3v) is 5.54. The van der Waals surface area contributed by atoms with Crippen molar-refractivity contribution in [2.24, 2.45) is 28.6 Å². The van der Waals surface area contributed by atoms with Crippen LogP contribution < -0.4 is 5.32 Å². The molecule has 1 heterocycles. The molecule has 0 unspecified atom stereocenters. The van der Waals surface area contributed by atoms with E-state index in [1.807, 2.05) is 0 Å². The summed E-state index contributed by atoms with van der Waals surface area (Å²) in [5.74, 6) is 1.15. The van der Waals surface area contributed by atoms with Gasteiger partial charge in [-0.15, -0.1) is 0 Å². The smallest absolute Gasteiger partial charge is 0.224 e. The van der Waals surface area contributed by atoms with E-state index >= 15 is 0 Å². The van der Waals surface area contributed by atoms with Crippen LogP contribution in [-0.4, -0.2) is 25.2 Å². The molecule has 1 aliphatic heterocycles. The molecule has 3 nitrogen and oxygen atoms in total. The normalized spacial score (nSPS) is 33.0. The average molecular weight is 322 g/mol. The highest BCUT2D eigenvalue weighted by atomic mass is 16.5. The molecule has 2 rings (SSSR count). The summed E-state index contributed by atoms with van der Waals surface area (Å²) in [7, 11) is 0. The first-order valence-corrected chi connectivity index (χ1v) is 9.09. The van der Waals surface area contributed by atoms with Gasteiger partial charge >= 0.3 is 0 Å². The molecule has 0 spiro atoms. The zero-order valence-electron chi connectivity index (χ0n) is 16.0. The van der Waals surface area contributed by atoms with E-state index in [2.05, 4.69) is 59.9 Å². The van der Waals surface area contributed by atoms with Crippen molar-refractivity contribution >= 4 is 5.91 Å². The highest BCUT2D eigenvalue weighted by Crippen LogP contribution is 2.59. The molecule has 1 saturated carbocycles. The first kappa shape index (κ1) is 18.5. The van der Waals surface area contributed by atoms with E-state index in [-0.39, 0.29) is 28.8 Å². The van der Waals surface area contributed by atoms with Gasteiger partial charge in [-0.05, 0) is 43.4 Å². The molecular formula is C20H35NO2. The fraction of sp³-hybridized carbons (Fsp3) is 0.850. The van der Waals surface area contributed by atoms with Gasteiger partial charge in [0.2, 0.25) is 5.91 Å². The summed E-state index contributed by atoms with van der Waals surface area (Å²) < 4.78 is 6.02. The molecule has 0 aromatic rings. The summed E-state index contributed by atoms with van der Waals surface area (Å²) >= 11 is 0. The molecule has 1 saturated heterocycles. The number of carbonyl (C=O) groups excluding carboxylic acids is 1. The van der Waals surface area contributed by atoms with Crippen LogP contribution in [0.4, 0.5) is 0 Å². The van der Waals surface area contributed by atoms with Crippen LogP contribution in [0.15, 0.2) is 11.6 Å². The van der Waals surface area contributed by atoms with Gasteiger partial charge in [0.15, 0.2) is 0 Å². The van der Waals surface area contributed by atoms with Crippen LogP contribution in [0.2, 0.25) is 0 Å². The minimum Gasteiger partial charge on any atom is -0.377 e. The lowest BCUT2D eigenvalue weighted by atomic mass is 9.78. The Bertz CT molecular complexity index is 469. The second-order valence-electron chi connectivity index (χ2n) is 9.37. The quantitative estimate of drug-likeness (QED) is 0.789. The van der Waals surface area contributed by atoms with Crippen molar-refractivity contribution in [1.29, 1.82) is 0 Å². The molecule has 2 fully saturated rings. The number of carbonyl (C=O) groups is 1. The van der Waals surface area contributed by atoms with Crippen molar-refractivity contribution in [2.45, 2.75) is 67.4 Å². The summed E-state index contributed by atoms with van der Waals surface area (Å²) in [5, 5.41) is 3.23. The van der Waals surface area contributed by atoms with Gasteiger partial charge in [-0.2, -0.15) is 0 Å². The van der Waals surface area contributed by atoms with Gasteiger partial charge < -0.3 is 10.1 Å². The van der Waals surface area contributed by atoms with E-state index in [1.165, 1.54) is 5.57 Å². The zero-order valence-corrected chi connectivity index (χ0v) is 16.0. The molecule has 2 aliphatic rings. The lowest BCUT2D eigenvalue weighted by molar-refractivity contribution is -0.125. The molecule has 0 bridgehead atoms. The van der Waals surface area contributed by atoms with Crippen LogP contribution in [0.3, 0.4) is 0 Å². The Balaban J connectivity index is 1.93. The van der Waals surface area contributed by atoms with Crippen LogP contribution in [0.25, 0.3) is 0 Å². The third kappa shape index (κ3) is 4.17. The molecule has 1 N–H and O–H groups in total. The van der Waals surface area contributed by atoms with Crippen molar-refractivity contribution < 1.29 is 9.53 Å². The lowest BCUT2D eigenvalue weighted by Gasteiger charge is -2.40. The van der Waals surface area contributed by atoms with Crippen LogP contribution in [-0.2, 0) is 9.53 Å². The maximum absolute atomic E-state index is 12.6. The molecule has 3 heteroatoms. The van der Waals surface area contributed by atoms with Crippen molar-refractivity contribution in [1.82, 2.24) is 5.32 Å². The third-order valence-electron chi connectivity index (χ3n) is 5.54. The number of hydrogen-bond donors (Lipinski definition) is 1. The second kappa shape index (κ2) is 6.58. The summed E-state index contributed by atoms with van der Waals surface area (Å²) in [6.45, 7) is 16.9. The van der Waals surface area contributed by atoms with E-state index in [9.17, 15) is 4.79 Å². The summed E-state index contributed by atoms with van der Waals surface area (Å²) in [5.41, 5.74) is 1.51. The molecule has 23 heavy (non-hydrogen) atoms. The number of rotatable bonds is 4. The molecule has 0 aromatic heterocycles. The zero-order chi connectivity index (χ0) is 17.4. The summed E-state index contributed by atoms with van der Waals surface area (Å²) in [4.78, 5) is 12.6. The monoisotopic (exact) mass is 321 g/mol. The first-order chi connectivity index (χ1) is 10.5. The maximum Gasteiger partial charge on any atom is 0.224 e. The predicted octanol–water partition coefficient (Wildman–Crippen LogP) is 4.18. The van der Waals surface area contributed by atoms with E-state index in [1.54, 1.807) is 0 Å². The van der Waals surface area contributed by atoms with Gasteiger partial charge in [0.25, 0.3) is 0 Å². The van der Waals surface area contributed by atoms with Crippen molar-refractivity contribution in [2.75, 3.05) is 13.2 Å². The SMILES string of the molecule is CC(C)=C[C@@H]1[C@H](C(=O)NC[C@@H]2CCCO[C@@H]2C(C)(C)C)C1(C)C. The largest absolute Gasteiger partial charge is 0.377 e. The number of amides is 1. The lowest BCUT2D eigenvalue weighted by Crippen LogP contribution is -2.45. The van der Waals surface area contributed by atoms with Gasteiger partial charge in [0.1, 0.15) is 0 Å². The Kier molecular flexibility index (Phi) is 5.30. The summed E-state index contributed by atoms with van der Waals surface area (Å²) in [6.07, 6.45) is 4.74. The topological polar surface area (TPSA) is 38.3 Å². The predicted molar refractivity (Wildman–Crippen MR) is 95.1 cm³/mol. The Labute approximate surface area is 142 Å².